The maximum atomic E-state index is 5.55. The van der Waals surface area contributed by atoms with E-state index in [0.29, 0.717) is 10.2 Å². The van der Waals surface area contributed by atoms with Crippen molar-refractivity contribution in [3.05, 3.63) is 0 Å². The Labute approximate surface area is 144 Å². The van der Waals surface area contributed by atoms with Gasteiger partial charge in [-0.3, -0.25) is 4.99 Å². The first kappa shape index (κ1) is 17.4. The van der Waals surface area contributed by atoms with Crippen LogP contribution in [0.3, 0.4) is 0 Å². The molecule has 3 fully saturated rings. The number of ether oxygens (including phenoxy) is 2. The van der Waals surface area contributed by atoms with Crippen molar-refractivity contribution in [1.82, 2.24) is 10.2 Å². The summed E-state index contributed by atoms with van der Waals surface area (Å²) in [7, 11) is 1.91. The lowest BCUT2D eigenvalue weighted by Crippen LogP contribution is -2.49. The lowest BCUT2D eigenvalue weighted by molar-refractivity contribution is 0.0217. The van der Waals surface area contributed by atoms with Crippen LogP contribution in [0.1, 0.15) is 32.1 Å². The summed E-state index contributed by atoms with van der Waals surface area (Å²) in [6.07, 6.45) is 8.15. The van der Waals surface area contributed by atoms with Crippen LogP contribution >= 0.6 is 11.8 Å². The molecule has 0 atom stereocenters. The van der Waals surface area contributed by atoms with Crippen LogP contribution in [-0.4, -0.2) is 75.0 Å². The Bertz CT molecular complexity index is 418. The van der Waals surface area contributed by atoms with Gasteiger partial charge in [-0.15, -0.1) is 0 Å². The molecular formula is C17H31N3O2S. The lowest BCUT2D eigenvalue weighted by Gasteiger charge is -2.37. The molecule has 23 heavy (non-hydrogen) atoms. The molecule has 3 heterocycles. The molecule has 1 N–H and O–H groups in total. The van der Waals surface area contributed by atoms with E-state index in [0.717, 1.165) is 64.9 Å². The second-order valence-corrected chi connectivity index (χ2v) is 8.46. The standard InChI is InChI=1S/C17H31N3O2S/c1-18-15(19-13-17(23-2)6-11-22-12-7-17)20-8-3-16(14-20)4-9-21-10-5-16/h3-14H2,1-2H3,(H,18,19). The van der Waals surface area contributed by atoms with E-state index in [2.05, 4.69) is 21.5 Å². The van der Waals surface area contributed by atoms with E-state index >= 15 is 0 Å². The molecule has 3 rings (SSSR count). The number of guanidine groups is 1. The number of thioether (sulfide) groups is 1. The first-order chi connectivity index (χ1) is 11.2. The SMILES string of the molecule is CN=C(NCC1(SC)CCOCC1)N1CCC2(CCOCC2)C1. The van der Waals surface area contributed by atoms with Gasteiger partial charge in [-0.1, -0.05) is 0 Å². The Morgan fingerprint density at radius 2 is 1.74 bits per heavy atom. The van der Waals surface area contributed by atoms with Crippen molar-refractivity contribution >= 4 is 17.7 Å². The third-order valence-corrected chi connectivity index (χ3v) is 7.33. The largest absolute Gasteiger partial charge is 0.381 e. The topological polar surface area (TPSA) is 46.1 Å². The molecule has 3 saturated heterocycles. The first-order valence-corrected chi connectivity index (χ1v) is 10.1. The molecule has 5 nitrogen and oxygen atoms in total. The molecule has 0 aromatic heterocycles. The molecule has 3 aliphatic heterocycles. The fraction of sp³-hybridized carbons (Fsp3) is 0.941. The third kappa shape index (κ3) is 3.97. The Hall–Kier alpha value is -0.460. The van der Waals surface area contributed by atoms with Gasteiger partial charge < -0.3 is 19.7 Å². The van der Waals surface area contributed by atoms with Gasteiger partial charge in [0.25, 0.3) is 0 Å². The summed E-state index contributed by atoms with van der Waals surface area (Å²) < 4.78 is 11.4. The summed E-state index contributed by atoms with van der Waals surface area (Å²) in [4.78, 5) is 7.01. The summed E-state index contributed by atoms with van der Waals surface area (Å²) in [6.45, 7) is 6.85. The van der Waals surface area contributed by atoms with Gasteiger partial charge in [0.2, 0.25) is 0 Å². The van der Waals surface area contributed by atoms with Crippen LogP contribution in [0.25, 0.3) is 0 Å². The van der Waals surface area contributed by atoms with Gasteiger partial charge in [-0.2, -0.15) is 11.8 Å². The summed E-state index contributed by atoms with van der Waals surface area (Å²) in [5.74, 6) is 1.08. The van der Waals surface area contributed by atoms with Gasteiger partial charge in [0.1, 0.15) is 0 Å². The summed E-state index contributed by atoms with van der Waals surface area (Å²) in [5, 5.41) is 3.66. The van der Waals surface area contributed by atoms with E-state index in [1.807, 2.05) is 18.8 Å². The zero-order valence-corrected chi connectivity index (χ0v) is 15.4. The molecule has 0 aromatic carbocycles. The van der Waals surface area contributed by atoms with Gasteiger partial charge in [0.05, 0.1) is 0 Å². The number of rotatable bonds is 3. The quantitative estimate of drug-likeness (QED) is 0.628. The van der Waals surface area contributed by atoms with Crippen LogP contribution in [-0.2, 0) is 9.47 Å². The molecule has 0 saturated carbocycles. The predicted molar refractivity (Wildman–Crippen MR) is 96.3 cm³/mol. The maximum absolute atomic E-state index is 5.55. The predicted octanol–water partition coefficient (Wildman–Crippen LogP) is 1.98. The van der Waals surface area contributed by atoms with E-state index < -0.39 is 0 Å². The summed E-state index contributed by atoms with van der Waals surface area (Å²) in [5.41, 5.74) is 0.464. The van der Waals surface area contributed by atoms with E-state index in [4.69, 9.17) is 9.47 Å². The van der Waals surface area contributed by atoms with Crippen LogP contribution < -0.4 is 5.32 Å². The zero-order valence-electron chi connectivity index (χ0n) is 14.6. The highest BCUT2D eigenvalue weighted by atomic mass is 32.2. The Morgan fingerprint density at radius 1 is 1.09 bits per heavy atom. The average molecular weight is 342 g/mol. The van der Waals surface area contributed by atoms with Crippen molar-refractivity contribution in [3.8, 4) is 0 Å². The van der Waals surface area contributed by atoms with Crippen molar-refractivity contribution in [2.24, 2.45) is 10.4 Å². The smallest absolute Gasteiger partial charge is 0.193 e. The number of nitrogens with one attached hydrogen (secondary N) is 1. The molecule has 0 aromatic rings. The highest BCUT2D eigenvalue weighted by Crippen LogP contribution is 2.39. The van der Waals surface area contributed by atoms with E-state index in [9.17, 15) is 0 Å². The Kier molecular flexibility index (Phi) is 5.75. The summed E-state index contributed by atoms with van der Waals surface area (Å²) >= 11 is 1.98. The van der Waals surface area contributed by atoms with Crippen LogP contribution in [0.15, 0.2) is 4.99 Å². The van der Waals surface area contributed by atoms with Gasteiger partial charge in [0, 0.05) is 57.9 Å². The van der Waals surface area contributed by atoms with Crippen LogP contribution in [0, 0.1) is 5.41 Å². The molecule has 132 valence electrons. The number of likely N-dealkylation sites (tertiary alicyclic amines) is 1. The fourth-order valence-corrected chi connectivity index (χ4v) is 4.89. The molecule has 3 aliphatic rings. The number of hydrogen-bond donors (Lipinski definition) is 1. The summed E-state index contributed by atoms with van der Waals surface area (Å²) in [6, 6.07) is 0. The van der Waals surface area contributed by atoms with Gasteiger partial charge >= 0.3 is 0 Å². The van der Waals surface area contributed by atoms with Gasteiger partial charge in [0.15, 0.2) is 5.96 Å². The molecule has 0 amide bonds. The molecule has 6 heteroatoms. The molecule has 1 spiro atoms. The van der Waals surface area contributed by atoms with Crippen molar-refractivity contribution in [2.45, 2.75) is 36.9 Å². The van der Waals surface area contributed by atoms with E-state index in [-0.39, 0.29) is 0 Å². The van der Waals surface area contributed by atoms with Crippen LogP contribution in [0.2, 0.25) is 0 Å². The van der Waals surface area contributed by atoms with Crippen LogP contribution in [0.4, 0.5) is 0 Å². The minimum absolute atomic E-state index is 0.296. The number of nitrogens with zero attached hydrogens (tertiary/aromatic N) is 2. The second kappa shape index (κ2) is 7.62. The minimum atomic E-state index is 0.296. The van der Waals surface area contributed by atoms with Crippen molar-refractivity contribution in [2.75, 3.05) is 59.4 Å². The minimum Gasteiger partial charge on any atom is -0.381 e. The molecular weight excluding hydrogens is 310 g/mol. The molecule has 0 bridgehead atoms. The zero-order chi connectivity index (χ0) is 16.2. The molecule has 0 unspecified atom stereocenters. The normalized spacial score (nSPS) is 27.4. The van der Waals surface area contributed by atoms with Crippen LogP contribution in [0.5, 0.6) is 0 Å². The number of hydrogen-bond acceptors (Lipinski definition) is 4. The Balaban J connectivity index is 1.56. The average Bonchev–Trinajstić information content (AvgIpc) is 3.00. The lowest BCUT2D eigenvalue weighted by atomic mass is 9.80. The van der Waals surface area contributed by atoms with Crippen molar-refractivity contribution in [3.63, 3.8) is 0 Å². The van der Waals surface area contributed by atoms with Gasteiger partial charge in [-0.25, -0.2) is 0 Å². The van der Waals surface area contributed by atoms with E-state index in [1.54, 1.807) is 0 Å². The second-order valence-electron chi connectivity index (χ2n) is 7.18. The third-order valence-electron chi connectivity index (χ3n) is 5.91. The molecule has 0 radical (unpaired) electrons. The number of aliphatic imine (C=N–C) groups is 1. The van der Waals surface area contributed by atoms with E-state index in [1.165, 1.54) is 19.3 Å². The highest BCUT2D eigenvalue weighted by Gasteiger charge is 2.40. The monoisotopic (exact) mass is 341 g/mol. The fourth-order valence-electron chi connectivity index (χ4n) is 4.10. The van der Waals surface area contributed by atoms with Crippen molar-refractivity contribution < 1.29 is 9.47 Å². The Morgan fingerprint density at radius 3 is 2.35 bits per heavy atom. The maximum Gasteiger partial charge on any atom is 0.193 e. The molecule has 0 aliphatic carbocycles. The first-order valence-electron chi connectivity index (χ1n) is 8.87. The van der Waals surface area contributed by atoms with Crippen molar-refractivity contribution in [1.29, 1.82) is 0 Å². The van der Waals surface area contributed by atoms with Gasteiger partial charge in [-0.05, 0) is 43.8 Å². The highest BCUT2D eigenvalue weighted by molar-refractivity contribution is 8.00.